The van der Waals surface area contributed by atoms with Gasteiger partial charge >= 0.3 is 0 Å². The van der Waals surface area contributed by atoms with Crippen molar-refractivity contribution >= 4 is 40.6 Å². The predicted octanol–water partition coefficient (Wildman–Crippen LogP) is 5.01. The number of nitrogens with one attached hydrogen (secondary N) is 1. The van der Waals surface area contributed by atoms with Gasteiger partial charge in [-0.1, -0.05) is 35.5 Å². The van der Waals surface area contributed by atoms with Gasteiger partial charge in [-0.25, -0.2) is 0 Å². The molecule has 0 spiro atoms. The molecule has 0 atom stereocenters. The van der Waals surface area contributed by atoms with Crippen LogP contribution in [0.1, 0.15) is 26.6 Å². The molecular weight excluding hydrogens is 446 g/mol. The average molecular weight is 474 g/mol. The summed E-state index contributed by atoms with van der Waals surface area (Å²) in [6.07, 6.45) is 0. The van der Waals surface area contributed by atoms with Crippen molar-refractivity contribution in [1.82, 2.24) is 14.8 Å². The van der Waals surface area contributed by atoms with Gasteiger partial charge in [-0.2, -0.15) is 0 Å². The van der Waals surface area contributed by atoms with Gasteiger partial charge in [0.25, 0.3) is 0 Å². The molecule has 3 aromatic rings. The van der Waals surface area contributed by atoms with Gasteiger partial charge in [-0.05, 0) is 57.2 Å². The molecule has 1 N–H and O–H groups in total. The number of carbonyl (C=O) groups is 1. The Bertz CT molecular complexity index is 1040. The first-order valence-electron chi connectivity index (χ1n) is 10.4. The summed E-state index contributed by atoms with van der Waals surface area (Å²) < 4.78 is 7.54. The maximum absolute atomic E-state index is 12.4. The second kappa shape index (κ2) is 11.2. The van der Waals surface area contributed by atoms with E-state index in [2.05, 4.69) is 41.2 Å². The highest BCUT2D eigenvalue weighted by molar-refractivity contribution is 7.99. The Morgan fingerprint density at radius 2 is 1.91 bits per heavy atom. The van der Waals surface area contributed by atoms with Crippen molar-refractivity contribution in [2.24, 2.45) is 7.05 Å². The number of hydrogen-bond donors (Lipinski definition) is 1. The van der Waals surface area contributed by atoms with Crippen molar-refractivity contribution in [2.75, 3.05) is 22.5 Å². The molecule has 1 aromatic heterocycles. The number of ether oxygens (including phenoxy) is 1. The van der Waals surface area contributed by atoms with Crippen molar-refractivity contribution in [3.63, 3.8) is 0 Å². The molecule has 7 nitrogen and oxygen atoms in total. The minimum absolute atomic E-state index is 0.101. The lowest BCUT2D eigenvalue weighted by Crippen LogP contribution is -2.30. The molecule has 0 saturated heterocycles. The number of amides is 1. The number of aromatic nitrogens is 3. The van der Waals surface area contributed by atoms with Gasteiger partial charge < -0.3 is 19.5 Å². The third-order valence-corrected chi connectivity index (χ3v) is 6.23. The number of hydrogen-bond acceptors (Lipinski definition) is 6. The standard InChI is InChI=1S/C23H28ClN5O2S/c1-5-29(16(2)3)18-12-10-17(11-13-18)25-22(30)15-32-23-27-26-21(28(23)4)14-31-20-9-7-6-8-19(20)24/h6-13,16H,5,14-15H2,1-4H3,(H,25,30). The van der Waals surface area contributed by atoms with Gasteiger partial charge in [0.05, 0.1) is 10.8 Å². The van der Waals surface area contributed by atoms with Gasteiger partial charge in [0.1, 0.15) is 12.4 Å². The van der Waals surface area contributed by atoms with Crippen molar-refractivity contribution < 1.29 is 9.53 Å². The highest BCUT2D eigenvalue weighted by Crippen LogP contribution is 2.25. The molecule has 1 heterocycles. The van der Waals surface area contributed by atoms with Gasteiger partial charge in [0, 0.05) is 31.0 Å². The molecule has 0 saturated carbocycles. The average Bonchev–Trinajstić information content (AvgIpc) is 3.12. The highest BCUT2D eigenvalue weighted by atomic mass is 35.5. The molecule has 0 bridgehead atoms. The number of halogens is 1. The van der Waals surface area contributed by atoms with Crippen LogP contribution in [-0.4, -0.2) is 39.0 Å². The molecule has 1 amide bonds. The molecule has 32 heavy (non-hydrogen) atoms. The first kappa shape index (κ1) is 23.9. The van der Waals surface area contributed by atoms with E-state index in [9.17, 15) is 4.79 Å². The molecule has 9 heteroatoms. The number of benzene rings is 2. The Kier molecular flexibility index (Phi) is 8.41. The zero-order valence-corrected chi connectivity index (χ0v) is 20.3. The number of para-hydroxylation sites is 1. The van der Waals surface area contributed by atoms with Crippen LogP contribution < -0.4 is 15.0 Å². The molecule has 0 fully saturated rings. The minimum atomic E-state index is -0.101. The van der Waals surface area contributed by atoms with Crippen LogP contribution in [0.5, 0.6) is 5.75 Å². The number of rotatable bonds is 10. The van der Waals surface area contributed by atoms with E-state index in [0.29, 0.717) is 27.8 Å². The van der Waals surface area contributed by atoms with Crippen LogP contribution in [0.2, 0.25) is 5.02 Å². The Labute approximate surface area is 198 Å². The van der Waals surface area contributed by atoms with Gasteiger partial charge in [-0.3, -0.25) is 4.79 Å². The van der Waals surface area contributed by atoms with Crippen LogP contribution in [0.3, 0.4) is 0 Å². The molecule has 3 rings (SSSR count). The third-order valence-electron chi connectivity index (χ3n) is 4.90. The summed E-state index contributed by atoms with van der Waals surface area (Å²) in [6, 6.07) is 15.6. The maximum Gasteiger partial charge on any atom is 0.234 e. The van der Waals surface area contributed by atoms with E-state index in [1.807, 2.05) is 48.0 Å². The zero-order valence-electron chi connectivity index (χ0n) is 18.7. The highest BCUT2D eigenvalue weighted by Gasteiger charge is 2.13. The zero-order chi connectivity index (χ0) is 23.1. The van der Waals surface area contributed by atoms with E-state index < -0.39 is 0 Å². The first-order chi connectivity index (χ1) is 15.4. The maximum atomic E-state index is 12.4. The summed E-state index contributed by atoms with van der Waals surface area (Å²) in [4.78, 5) is 14.7. The normalized spacial score (nSPS) is 10.9. The fourth-order valence-electron chi connectivity index (χ4n) is 3.21. The molecule has 0 radical (unpaired) electrons. The smallest absolute Gasteiger partial charge is 0.234 e. The summed E-state index contributed by atoms with van der Waals surface area (Å²) in [5.41, 5.74) is 1.91. The molecule has 0 aliphatic heterocycles. The fraction of sp³-hybridized carbons (Fsp3) is 0.348. The second-order valence-corrected chi connectivity index (χ2v) is 8.79. The third kappa shape index (κ3) is 6.17. The molecular formula is C23H28ClN5O2S. The van der Waals surface area contributed by atoms with Crippen LogP contribution in [0.15, 0.2) is 53.7 Å². The number of nitrogens with zero attached hydrogens (tertiary/aromatic N) is 4. The largest absolute Gasteiger partial charge is 0.484 e. The van der Waals surface area contributed by atoms with Crippen LogP contribution in [0.25, 0.3) is 0 Å². The van der Waals surface area contributed by atoms with E-state index in [1.54, 1.807) is 12.1 Å². The van der Waals surface area contributed by atoms with E-state index >= 15 is 0 Å². The van der Waals surface area contributed by atoms with Crippen molar-refractivity contribution in [3.8, 4) is 5.75 Å². The van der Waals surface area contributed by atoms with Crippen molar-refractivity contribution in [1.29, 1.82) is 0 Å². The summed E-state index contributed by atoms with van der Waals surface area (Å²) in [6.45, 7) is 7.63. The lowest BCUT2D eigenvalue weighted by Gasteiger charge is -2.27. The Morgan fingerprint density at radius 1 is 1.19 bits per heavy atom. The monoisotopic (exact) mass is 473 g/mol. The number of carbonyl (C=O) groups excluding carboxylic acids is 1. The molecule has 0 aliphatic carbocycles. The SMILES string of the molecule is CCN(c1ccc(NC(=O)CSc2nnc(COc3ccccc3Cl)n2C)cc1)C(C)C. The topological polar surface area (TPSA) is 72.3 Å². The lowest BCUT2D eigenvalue weighted by atomic mass is 10.2. The van der Waals surface area contributed by atoms with Crippen molar-refractivity contribution in [3.05, 3.63) is 59.4 Å². The summed E-state index contributed by atoms with van der Waals surface area (Å²) in [5, 5.41) is 12.4. The fourth-order valence-corrected chi connectivity index (χ4v) is 4.13. The Morgan fingerprint density at radius 3 is 2.56 bits per heavy atom. The summed E-state index contributed by atoms with van der Waals surface area (Å²) in [5.74, 6) is 1.36. The predicted molar refractivity (Wildman–Crippen MR) is 131 cm³/mol. The number of thioether (sulfide) groups is 1. The van der Waals surface area contributed by atoms with Crippen LogP contribution >= 0.6 is 23.4 Å². The summed E-state index contributed by atoms with van der Waals surface area (Å²) in [7, 11) is 1.85. The first-order valence-corrected chi connectivity index (χ1v) is 11.8. The van der Waals surface area contributed by atoms with Gasteiger partial charge in [-0.15, -0.1) is 10.2 Å². The minimum Gasteiger partial charge on any atom is -0.484 e. The Balaban J connectivity index is 1.51. The van der Waals surface area contributed by atoms with Gasteiger partial charge in [0.2, 0.25) is 5.91 Å². The molecule has 0 unspecified atom stereocenters. The summed E-state index contributed by atoms with van der Waals surface area (Å²) >= 11 is 7.44. The van der Waals surface area contributed by atoms with E-state index in [0.717, 1.165) is 17.9 Å². The second-order valence-electron chi connectivity index (χ2n) is 7.44. The molecule has 0 aliphatic rings. The molecule has 170 valence electrons. The van der Waals surface area contributed by atoms with E-state index in [-0.39, 0.29) is 18.3 Å². The van der Waals surface area contributed by atoms with Crippen molar-refractivity contribution in [2.45, 2.75) is 38.6 Å². The van der Waals surface area contributed by atoms with E-state index in [1.165, 1.54) is 11.8 Å². The Hall–Kier alpha value is -2.71. The van der Waals surface area contributed by atoms with Crippen LogP contribution in [0, 0.1) is 0 Å². The van der Waals surface area contributed by atoms with Crippen LogP contribution in [-0.2, 0) is 18.4 Å². The molecule has 2 aromatic carbocycles. The quantitative estimate of drug-likeness (QED) is 0.417. The van der Waals surface area contributed by atoms with Crippen LogP contribution in [0.4, 0.5) is 11.4 Å². The lowest BCUT2D eigenvalue weighted by molar-refractivity contribution is -0.113. The number of anilines is 2. The van der Waals surface area contributed by atoms with E-state index in [4.69, 9.17) is 16.3 Å². The van der Waals surface area contributed by atoms with Gasteiger partial charge in [0.15, 0.2) is 11.0 Å².